The molecule has 3 heteroatoms. The van der Waals surface area contributed by atoms with E-state index in [1.54, 1.807) is 11.8 Å². The number of hydrogen-bond donors (Lipinski definition) is 0. The molecule has 0 saturated carbocycles. The number of aryl methyl sites for hydroxylation is 1. The number of benzene rings is 2. The third kappa shape index (κ3) is 3.20. The van der Waals surface area contributed by atoms with Crippen LogP contribution in [-0.2, 0) is 0 Å². The molecule has 86 valence electrons. The maximum absolute atomic E-state index is 11.0. The lowest BCUT2D eigenvalue weighted by Gasteiger charge is -2.06. The van der Waals surface area contributed by atoms with Gasteiger partial charge in [0.15, 0.2) is 6.29 Å². The Morgan fingerprint density at radius 1 is 1.18 bits per heavy atom. The molecular weight excluding hydrogens is 296 g/mol. The molecule has 0 heterocycles. The van der Waals surface area contributed by atoms with Crippen molar-refractivity contribution in [2.24, 2.45) is 0 Å². The van der Waals surface area contributed by atoms with Crippen molar-refractivity contribution in [3.63, 3.8) is 0 Å². The Morgan fingerprint density at radius 2 is 2.00 bits per heavy atom. The van der Waals surface area contributed by atoms with E-state index in [-0.39, 0.29) is 0 Å². The van der Waals surface area contributed by atoms with Gasteiger partial charge < -0.3 is 0 Å². The van der Waals surface area contributed by atoms with Crippen molar-refractivity contribution < 1.29 is 4.79 Å². The largest absolute Gasteiger partial charge is 0.298 e. The Morgan fingerprint density at radius 3 is 2.71 bits per heavy atom. The number of carbonyl (C=O) groups is 1. The summed E-state index contributed by atoms with van der Waals surface area (Å²) in [6, 6.07) is 14.0. The molecule has 2 rings (SSSR count). The number of rotatable bonds is 3. The molecule has 0 unspecified atom stereocenters. The number of carbonyl (C=O) groups excluding carboxylic acids is 1. The molecule has 2 aromatic rings. The summed E-state index contributed by atoms with van der Waals surface area (Å²) in [6.07, 6.45) is 0.910. The van der Waals surface area contributed by atoms with Gasteiger partial charge in [0.1, 0.15) is 0 Å². The smallest absolute Gasteiger partial charge is 0.151 e. The van der Waals surface area contributed by atoms with Crippen molar-refractivity contribution in [2.45, 2.75) is 16.7 Å². The van der Waals surface area contributed by atoms with Crippen LogP contribution < -0.4 is 0 Å². The fraction of sp³-hybridized carbons (Fsp3) is 0.0714. The first-order chi connectivity index (χ1) is 8.19. The fourth-order valence-corrected chi connectivity index (χ4v) is 3.01. The zero-order chi connectivity index (χ0) is 12.3. The molecule has 0 spiro atoms. The minimum Gasteiger partial charge on any atom is -0.298 e. The Balaban J connectivity index is 2.32. The Bertz CT molecular complexity index is 552. The maximum Gasteiger partial charge on any atom is 0.151 e. The molecule has 0 bridgehead atoms. The van der Waals surface area contributed by atoms with Gasteiger partial charge in [-0.2, -0.15) is 0 Å². The van der Waals surface area contributed by atoms with Crippen LogP contribution in [0.5, 0.6) is 0 Å². The minimum atomic E-state index is 0.745. The van der Waals surface area contributed by atoms with Gasteiger partial charge in [0.25, 0.3) is 0 Å². The first kappa shape index (κ1) is 12.4. The molecule has 0 saturated heterocycles. The standard InChI is InChI=1S/C14H11BrOS/c1-10-5-6-14(11(7-10)9-16)17-13-4-2-3-12(15)8-13/h2-9H,1H3. The highest BCUT2D eigenvalue weighted by Crippen LogP contribution is 2.31. The van der Waals surface area contributed by atoms with Crippen molar-refractivity contribution in [1.29, 1.82) is 0 Å². The van der Waals surface area contributed by atoms with Crippen molar-refractivity contribution in [2.75, 3.05) is 0 Å². The second-order valence-electron chi connectivity index (χ2n) is 3.72. The normalized spacial score (nSPS) is 10.2. The maximum atomic E-state index is 11.0. The first-order valence-electron chi connectivity index (χ1n) is 5.18. The highest BCUT2D eigenvalue weighted by Gasteiger charge is 2.04. The lowest BCUT2D eigenvalue weighted by atomic mass is 10.2. The van der Waals surface area contributed by atoms with E-state index in [0.29, 0.717) is 0 Å². The van der Waals surface area contributed by atoms with Gasteiger partial charge in [-0.3, -0.25) is 4.79 Å². The lowest BCUT2D eigenvalue weighted by molar-refractivity contribution is 0.112. The van der Waals surface area contributed by atoms with E-state index in [9.17, 15) is 4.79 Å². The molecule has 0 amide bonds. The van der Waals surface area contributed by atoms with Crippen LogP contribution in [0, 0.1) is 6.92 Å². The van der Waals surface area contributed by atoms with Crippen molar-refractivity contribution in [3.8, 4) is 0 Å². The molecule has 0 radical (unpaired) electrons. The van der Waals surface area contributed by atoms with E-state index in [2.05, 4.69) is 15.9 Å². The number of aldehydes is 1. The Kier molecular flexibility index (Phi) is 4.02. The monoisotopic (exact) mass is 306 g/mol. The van der Waals surface area contributed by atoms with E-state index in [1.165, 1.54) is 0 Å². The predicted octanol–water partition coefficient (Wildman–Crippen LogP) is 4.72. The summed E-state index contributed by atoms with van der Waals surface area (Å²) in [5, 5.41) is 0. The molecule has 0 aromatic heterocycles. The lowest BCUT2D eigenvalue weighted by Crippen LogP contribution is -1.86. The van der Waals surface area contributed by atoms with E-state index < -0.39 is 0 Å². The summed E-state index contributed by atoms with van der Waals surface area (Å²) in [4.78, 5) is 13.1. The van der Waals surface area contributed by atoms with Crippen LogP contribution in [0.1, 0.15) is 15.9 Å². The summed E-state index contributed by atoms with van der Waals surface area (Å²) in [7, 11) is 0. The van der Waals surface area contributed by atoms with Gasteiger partial charge in [-0.15, -0.1) is 0 Å². The molecule has 0 atom stereocenters. The molecule has 0 fully saturated rings. The Hall–Kier alpha value is -1.06. The van der Waals surface area contributed by atoms with Crippen LogP contribution >= 0.6 is 27.7 Å². The fourth-order valence-electron chi connectivity index (χ4n) is 1.51. The highest BCUT2D eigenvalue weighted by atomic mass is 79.9. The van der Waals surface area contributed by atoms with Gasteiger partial charge >= 0.3 is 0 Å². The van der Waals surface area contributed by atoms with Crippen LogP contribution in [-0.4, -0.2) is 6.29 Å². The quantitative estimate of drug-likeness (QED) is 0.763. The zero-order valence-corrected chi connectivity index (χ0v) is 11.7. The van der Waals surface area contributed by atoms with E-state index in [4.69, 9.17) is 0 Å². The third-order valence-corrected chi connectivity index (χ3v) is 3.89. The zero-order valence-electron chi connectivity index (χ0n) is 9.31. The summed E-state index contributed by atoms with van der Waals surface area (Å²) in [5.41, 5.74) is 1.85. The molecule has 0 aliphatic heterocycles. The molecule has 1 nitrogen and oxygen atoms in total. The van der Waals surface area contributed by atoms with E-state index >= 15 is 0 Å². The van der Waals surface area contributed by atoms with Crippen LogP contribution in [0.3, 0.4) is 0 Å². The van der Waals surface area contributed by atoms with Crippen LogP contribution in [0.2, 0.25) is 0 Å². The third-order valence-electron chi connectivity index (χ3n) is 2.32. The topological polar surface area (TPSA) is 17.1 Å². The average molecular weight is 307 g/mol. The van der Waals surface area contributed by atoms with E-state index in [0.717, 1.165) is 31.7 Å². The van der Waals surface area contributed by atoms with Crippen molar-refractivity contribution >= 4 is 34.0 Å². The predicted molar refractivity (Wildman–Crippen MR) is 74.8 cm³/mol. The van der Waals surface area contributed by atoms with Crippen LogP contribution in [0.25, 0.3) is 0 Å². The van der Waals surface area contributed by atoms with Crippen LogP contribution in [0.15, 0.2) is 56.7 Å². The second-order valence-corrected chi connectivity index (χ2v) is 5.75. The molecule has 0 aliphatic rings. The SMILES string of the molecule is Cc1ccc(Sc2cccc(Br)c2)c(C=O)c1. The minimum absolute atomic E-state index is 0.745. The number of halogens is 1. The highest BCUT2D eigenvalue weighted by molar-refractivity contribution is 9.10. The number of hydrogen-bond acceptors (Lipinski definition) is 2. The van der Waals surface area contributed by atoms with Crippen molar-refractivity contribution in [3.05, 3.63) is 58.1 Å². The van der Waals surface area contributed by atoms with Gasteiger partial charge in [0.05, 0.1) is 0 Å². The van der Waals surface area contributed by atoms with E-state index in [1.807, 2.05) is 49.4 Å². The van der Waals surface area contributed by atoms with Crippen molar-refractivity contribution in [1.82, 2.24) is 0 Å². The summed E-state index contributed by atoms with van der Waals surface area (Å²) in [6.45, 7) is 1.99. The van der Waals surface area contributed by atoms with Gasteiger partial charge in [-0.25, -0.2) is 0 Å². The Labute approximate surface area is 113 Å². The molecular formula is C14H11BrOS. The van der Waals surface area contributed by atoms with Gasteiger partial charge in [0.2, 0.25) is 0 Å². The molecule has 0 aliphatic carbocycles. The van der Waals surface area contributed by atoms with Gasteiger partial charge in [-0.05, 0) is 37.3 Å². The average Bonchev–Trinajstić information content (AvgIpc) is 2.31. The molecule has 17 heavy (non-hydrogen) atoms. The van der Waals surface area contributed by atoms with Gasteiger partial charge in [0, 0.05) is 19.8 Å². The summed E-state index contributed by atoms with van der Waals surface area (Å²) in [5.74, 6) is 0. The second kappa shape index (κ2) is 5.52. The van der Waals surface area contributed by atoms with Gasteiger partial charge in [-0.1, -0.05) is 45.4 Å². The molecule has 0 N–H and O–H groups in total. The molecule has 2 aromatic carbocycles. The summed E-state index contributed by atoms with van der Waals surface area (Å²) >= 11 is 5.04. The summed E-state index contributed by atoms with van der Waals surface area (Å²) < 4.78 is 1.04. The first-order valence-corrected chi connectivity index (χ1v) is 6.79. The van der Waals surface area contributed by atoms with Crippen LogP contribution in [0.4, 0.5) is 0 Å².